The predicted octanol–water partition coefficient (Wildman–Crippen LogP) is 2.64. The Hall–Kier alpha value is -1.00. The molecule has 1 N–H and O–H groups in total. The van der Waals surface area contributed by atoms with Crippen molar-refractivity contribution in [2.24, 2.45) is 0 Å². The Balaban J connectivity index is 1.49. The largest absolute Gasteiger partial charge is 0.386 e. The molecule has 0 atom stereocenters. The van der Waals surface area contributed by atoms with Crippen LogP contribution in [0.5, 0.6) is 0 Å². The van der Waals surface area contributed by atoms with E-state index in [0.29, 0.717) is 18.8 Å². The molecule has 1 fully saturated rings. The quantitative estimate of drug-likeness (QED) is 0.850. The number of hydrogen-bond donors (Lipinski definition) is 1. The lowest BCUT2D eigenvalue weighted by Gasteiger charge is -2.46. The second kappa shape index (κ2) is 6.01. The first-order valence-corrected chi connectivity index (χ1v) is 8.83. The van der Waals surface area contributed by atoms with Crippen molar-refractivity contribution in [1.29, 1.82) is 0 Å². The second-order valence-electron chi connectivity index (χ2n) is 6.30. The van der Waals surface area contributed by atoms with Gasteiger partial charge in [0.1, 0.15) is 0 Å². The second-order valence-corrected chi connectivity index (χ2v) is 7.35. The SMILES string of the molecule is CCCC1(O)CN(C(=O)CSc2ccc3c(c2)CCC3)C1. The fourth-order valence-electron chi connectivity index (χ4n) is 3.34. The van der Waals surface area contributed by atoms with Crippen LogP contribution in [0.25, 0.3) is 0 Å². The highest BCUT2D eigenvalue weighted by Gasteiger charge is 2.42. The van der Waals surface area contributed by atoms with E-state index < -0.39 is 5.60 Å². The first-order chi connectivity index (χ1) is 10.1. The Kier molecular flexibility index (Phi) is 4.27. The van der Waals surface area contributed by atoms with Crippen molar-refractivity contribution >= 4 is 17.7 Å². The van der Waals surface area contributed by atoms with E-state index in [1.165, 1.54) is 35.3 Å². The van der Waals surface area contributed by atoms with E-state index in [1.54, 1.807) is 16.7 Å². The van der Waals surface area contributed by atoms with E-state index in [-0.39, 0.29) is 5.91 Å². The molecule has 0 unspecified atom stereocenters. The zero-order valence-corrected chi connectivity index (χ0v) is 13.4. The van der Waals surface area contributed by atoms with Gasteiger partial charge in [-0.3, -0.25) is 4.79 Å². The summed E-state index contributed by atoms with van der Waals surface area (Å²) in [5.74, 6) is 0.613. The van der Waals surface area contributed by atoms with Crippen LogP contribution >= 0.6 is 11.8 Å². The Morgan fingerprint density at radius 3 is 2.86 bits per heavy atom. The lowest BCUT2D eigenvalue weighted by atomic mass is 9.89. The third-order valence-electron chi connectivity index (χ3n) is 4.47. The number of rotatable bonds is 5. The molecule has 0 saturated carbocycles. The Labute approximate surface area is 130 Å². The highest BCUT2D eigenvalue weighted by atomic mass is 32.2. The number of likely N-dealkylation sites (tertiary alicyclic amines) is 1. The molecule has 1 aromatic carbocycles. The monoisotopic (exact) mass is 305 g/mol. The summed E-state index contributed by atoms with van der Waals surface area (Å²) in [4.78, 5) is 15.1. The molecule has 4 heteroatoms. The number of fused-ring (bicyclic) bond motifs is 1. The summed E-state index contributed by atoms with van der Waals surface area (Å²) in [7, 11) is 0. The normalized spacial score (nSPS) is 19.2. The van der Waals surface area contributed by atoms with Gasteiger partial charge < -0.3 is 10.0 Å². The van der Waals surface area contributed by atoms with Gasteiger partial charge >= 0.3 is 0 Å². The number of carbonyl (C=O) groups excluding carboxylic acids is 1. The van der Waals surface area contributed by atoms with Gasteiger partial charge in [-0.25, -0.2) is 0 Å². The summed E-state index contributed by atoms with van der Waals surface area (Å²) in [5.41, 5.74) is 2.30. The van der Waals surface area contributed by atoms with E-state index in [4.69, 9.17) is 0 Å². The van der Waals surface area contributed by atoms with Gasteiger partial charge in [-0.1, -0.05) is 19.4 Å². The molecule has 3 nitrogen and oxygen atoms in total. The molecule has 0 spiro atoms. The minimum Gasteiger partial charge on any atom is -0.386 e. The number of benzene rings is 1. The lowest BCUT2D eigenvalue weighted by molar-refractivity contribution is -0.153. The molecular weight excluding hydrogens is 282 g/mol. The van der Waals surface area contributed by atoms with Crippen LogP contribution in [0, 0.1) is 0 Å². The maximum absolute atomic E-state index is 12.1. The van der Waals surface area contributed by atoms with Gasteiger partial charge in [0.25, 0.3) is 0 Å². The van der Waals surface area contributed by atoms with E-state index in [2.05, 4.69) is 25.1 Å². The van der Waals surface area contributed by atoms with Crippen molar-refractivity contribution in [2.75, 3.05) is 18.8 Å². The number of amides is 1. The maximum Gasteiger partial charge on any atom is 0.233 e. The molecule has 0 aromatic heterocycles. The van der Waals surface area contributed by atoms with Gasteiger partial charge in [0.15, 0.2) is 0 Å². The minimum absolute atomic E-state index is 0.140. The van der Waals surface area contributed by atoms with Gasteiger partial charge in [-0.05, 0) is 48.9 Å². The van der Waals surface area contributed by atoms with Crippen molar-refractivity contribution in [3.05, 3.63) is 29.3 Å². The molecule has 1 amide bonds. The molecule has 1 aromatic rings. The number of aliphatic hydroxyl groups is 1. The molecule has 1 heterocycles. The van der Waals surface area contributed by atoms with Crippen molar-refractivity contribution in [3.8, 4) is 0 Å². The van der Waals surface area contributed by atoms with Crippen molar-refractivity contribution in [3.63, 3.8) is 0 Å². The fourth-order valence-corrected chi connectivity index (χ4v) is 4.20. The van der Waals surface area contributed by atoms with Crippen molar-refractivity contribution in [1.82, 2.24) is 4.90 Å². The van der Waals surface area contributed by atoms with Gasteiger partial charge in [-0.15, -0.1) is 11.8 Å². The molecule has 1 aliphatic carbocycles. The van der Waals surface area contributed by atoms with Crippen LogP contribution in [0.1, 0.15) is 37.3 Å². The first-order valence-electron chi connectivity index (χ1n) is 7.84. The smallest absolute Gasteiger partial charge is 0.233 e. The fraction of sp³-hybridized carbons (Fsp3) is 0.588. The highest BCUT2D eigenvalue weighted by molar-refractivity contribution is 8.00. The van der Waals surface area contributed by atoms with Crippen LogP contribution in [-0.4, -0.2) is 40.4 Å². The van der Waals surface area contributed by atoms with E-state index in [1.807, 2.05) is 0 Å². The standard InChI is InChI=1S/C17H23NO2S/c1-2-8-17(20)11-18(12-17)16(19)10-21-15-7-6-13-4-3-5-14(13)9-15/h6-7,9,20H,2-5,8,10-12H2,1H3. The van der Waals surface area contributed by atoms with Crippen LogP contribution in [0.15, 0.2) is 23.1 Å². The highest BCUT2D eigenvalue weighted by Crippen LogP contribution is 2.29. The van der Waals surface area contributed by atoms with Crippen molar-refractivity contribution in [2.45, 2.75) is 49.5 Å². The Morgan fingerprint density at radius 2 is 2.10 bits per heavy atom. The third kappa shape index (κ3) is 3.27. The molecule has 2 aliphatic rings. The molecule has 21 heavy (non-hydrogen) atoms. The van der Waals surface area contributed by atoms with Crippen LogP contribution in [0.4, 0.5) is 0 Å². The summed E-state index contributed by atoms with van der Waals surface area (Å²) < 4.78 is 0. The van der Waals surface area contributed by atoms with Gasteiger partial charge in [0.2, 0.25) is 5.91 Å². The number of carbonyl (C=O) groups is 1. The number of thioether (sulfide) groups is 1. The maximum atomic E-state index is 12.1. The number of nitrogens with zero attached hydrogens (tertiary/aromatic N) is 1. The van der Waals surface area contributed by atoms with Gasteiger partial charge in [0, 0.05) is 4.90 Å². The molecule has 114 valence electrons. The zero-order chi connectivity index (χ0) is 14.9. The van der Waals surface area contributed by atoms with Crippen LogP contribution in [-0.2, 0) is 17.6 Å². The summed E-state index contributed by atoms with van der Waals surface area (Å²) in [5, 5.41) is 10.1. The summed E-state index contributed by atoms with van der Waals surface area (Å²) in [6.07, 6.45) is 5.38. The van der Waals surface area contributed by atoms with E-state index in [9.17, 15) is 9.90 Å². The van der Waals surface area contributed by atoms with Crippen LogP contribution in [0.2, 0.25) is 0 Å². The molecular formula is C17H23NO2S. The number of aryl methyl sites for hydroxylation is 2. The third-order valence-corrected chi connectivity index (χ3v) is 5.45. The average Bonchev–Trinajstić information content (AvgIpc) is 2.89. The topological polar surface area (TPSA) is 40.5 Å². The van der Waals surface area contributed by atoms with Gasteiger partial charge in [-0.2, -0.15) is 0 Å². The number of hydrogen-bond acceptors (Lipinski definition) is 3. The zero-order valence-electron chi connectivity index (χ0n) is 12.6. The van der Waals surface area contributed by atoms with Crippen LogP contribution < -0.4 is 0 Å². The Morgan fingerprint density at radius 1 is 1.33 bits per heavy atom. The predicted molar refractivity (Wildman–Crippen MR) is 85.6 cm³/mol. The minimum atomic E-state index is -0.622. The van der Waals surface area contributed by atoms with Gasteiger partial charge in [0.05, 0.1) is 24.4 Å². The number of β-amino-alcohol motifs (C(OH)–C–C–N with tert-alkyl or cyclic N) is 1. The average molecular weight is 305 g/mol. The van der Waals surface area contributed by atoms with Crippen LogP contribution in [0.3, 0.4) is 0 Å². The first kappa shape index (κ1) is 14.9. The summed E-state index contributed by atoms with van der Waals surface area (Å²) in [6.45, 7) is 3.07. The molecule has 0 radical (unpaired) electrons. The Bertz CT molecular complexity index is 538. The molecule has 3 rings (SSSR count). The molecule has 0 bridgehead atoms. The van der Waals surface area contributed by atoms with Crippen molar-refractivity contribution < 1.29 is 9.90 Å². The summed E-state index contributed by atoms with van der Waals surface area (Å²) in [6, 6.07) is 6.58. The van der Waals surface area contributed by atoms with E-state index in [0.717, 1.165) is 12.8 Å². The summed E-state index contributed by atoms with van der Waals surface area (Å²) >= 11 is 1.61. The lowest BCUT2D eigenvalue weighted by Crippen LogP contribution is -2.63. The molecule has 1 aliphatic heterocycles. The van der Waals surface area contributed by atoms with E-state index >= 15 is 0 Å². The molecule has 1 saturated heterocycles.